The summed E-state index contributed by atoms with van der Waals surface area (Å²) >= 11 is 1.74. The monoisotopic (exact) mass is 294 g/mol. The van der Waals surface area contributed by atoms with Crippen molar-refractivity contribution in [1.29, 1.82) is 0 Å². The third-order valence-electron chi connectivity index (χ3n) is 2.33. The number of thiazole rings is 1. The Morgan fingerprint density at radius 2 is 1.60 bits per heavy atom. The molecule has 0 amide bonds. The van der Waals surface area contributed by atoms with Crippen LogP contribution < -0.4 is 0 Å². The fourth-order valence-corrected chi connectivity index (χ4v) is 2.50. The SMILES string of the molecule is CC(C)(C)Cc1ncco1.CC(C)(C)Cc1nccs1. The van der Waals surface area contributed by atoms with Crippen molar-refractivity contribution in [3.63, 3.8) is 0 Å². The number of rotatable bonds is 2. The zero-order valence-corrected chi connectivity index (χ0v) is 14.3. The molecule has 3 nitrogen and oxygen atoms in total. The largest absolute Gasteiger partial charge is 0.449 e. The summed E-state index contributed by atoms with van der Waals surface area (Å²) in [4.78, 5) is 8.26. The predicted molar refractivity (Wildman–Crippen MR) is 84.9 cm³/mol. The van der Waals surface area contributed by atoms with E-state index < -0.39 is 0 Å². The molecule has 0 spiro atoms. The average Bonchev–Trinajstić information content (AvgIpc) is 2.87. The van der Waals surface area contributed by atoms with Crippen LogP contribution in [0, 0.1) is 10.8 Å². The van der Waals surface area contributed by atoms with Crippen LogP contribution in [0.3, 0.4) is 0 Å². The molecule has 2 aromatic rings. The molecule has 112 valence electrons. The van der Waals surface area contributed by atoms with Crippen LogP contribution in [0.25, 0.3) is 0 Å². The van der Waals surface area contributed by atoms with Gasteiger partial charge in [0.25, 0.3) is 0 Å². The van der Waals surface area contributed by atoms with E-state index in [0.29, 0.717) is 5.41 Å². The smallest absolute Gasteiger partial charge is 0.194 e. The molecule has 4 heteroatoms. The second-order valence-electron chi connectivity index (χ2n) is 7.33. The van der Waals surface area contributed by atoms with Crippen LogP contribution in [0.1, 0.15) is 52.4 Å². The van der Waals surface area contributed by atoms with Gasteiger partial charge in [-0.15, -0.1) is 11.3 Å². The number of oxazole rings is 1. The van der Waals surface area contributed by atoms with E-state index in [-0.39, 0.29) is 5.41 Å². The lowest BCUT2D eigenvalue weighted by atomic mass is 9.92. The minimum atomic E-state index is 0.269. The fraction of sp³-hybridized carbons (Fsp3) is 0.625. The van der Waals surface area contributed by atoms with Gasteiger partial charge in [-0.1, -0.05) is 41.5 Å². The van der Waals surface area contributed by atoms with Gasteiger partial charge in [0, 0.05) is 24.4 Å². The molecule has 0 unspecified atom stereocenters. The van der Waals surface area contributed by atoms with Gasteiger partial charge in [0.15, 0.2) is 5.89 Å². The Morgan fingerprint density at radius 1 is 0.950 bits per heavy atom. The molecule has 0 aliphatic carbocycles. The third-order valence-corrected chi connectivity index (χ3v) is 3.11. The molecule has 0 aliphatic rings. The van der Waals surface area contributed by atoms with Crippen molar-refractivity contribution < 1.29 is 4.42 Å². The Labute approximate surface area is 126 Å². The van der Waals surface area contributed by atoms with E-state index in [4.69, 9.17) is 4.42 Å². The summed E-state index contributed by atoms with van der Waals surface area (Å²) in [6.45, 7) is 13.2. The lowest BCUT2D eigenvalue weighted by molar-refractivity contribution is 0.354. The second kappa shape index (κ2) is 7.02. The van der Waals surface area contributed by atoms with Gasteiger partial charge >= 0.3 is 0 Å². The van der Waals surface area contributed by atoms with Gasteiger partial charge < -0.3 is 4.42 Å². The summed E-state index contributed by atoms with van der Waals surface area (Å²) < 4.78 is 5.10. The van der Waals surface area contributed by atoms with E-state index in [1.807, 2.05) is 11.6 Å². The molecule has 0 N–H and O–H groups in total. The highest BCUT2D eigenvalue weighted by Gasteiger charge is 2.13. The Morgan fingerprint density at radius 3 is 2.00 bits per heavy atom. The van der Waals surface area contributed by atoms with Gasteiger partial charge in [-0.3, -0.25) is 0 Å². The van der Waals surface area contributed by atoms with E-state index in [2.05, 4.69) is 51.5 Å². The summed E-state index contributed by atoms with van der Waals surface area (Å²) in [5.41, 5.74) is 0.642. The molecular formula is C16H26N2OS. The number of aromatic nitrogens is 2. The molecule has 0 aromatic carbocycles. The first-order valence-electron chi connectivity index (χ1n) is 6.92. The number of nitrogens with zero attached hydrogens (tertiary/aromatic N) is 2. The average molecular weight is 294 g/mol. The van der Waals surface area contributed by atoms with E-state index in [1.54, 1.807) is 23.8 Å². The molecule has 0 radical (unpaired) electrons. The van der Waals surface area contributed by atoms with Crippen LogP contribution in [0.2, 0.25) is 0 Å². The fourth-order valence-electron chi connectivity index (χ4n) is 1.59. The summed E-state index contributed by atoms with van der Waals surface area (Å²) in [7, 11) is 0. The van der Waals surface area contributed by atoms with Gasteiger partial charge in [0.05, 0.1) is 11.2 Å². The summed E-state index contributed by atoms with van der Waals surface area (Å²) in [5, 5.41) is 3.27. The summed E-state index contributed by atoms with van der Waals surface area (Å²) in [6.07, 6.45) is 7.15. The number of hydrogen-bond donors (Lipinski definition) is 0. The van der Waals surface area contributed by atoms with Crippen molar-refractivity contribution in [3.05, 3.63) is 34.9 Å². The van der Waals surface area contributed by atoms with Gasteiger partial charge in [-0.2, -0.15) is 0 Å². The highest BCUT2D eigenvalue weighted by atomic mass is 32.1. The molecule has 0 bridgehead atoms. The van der Waals surface area contributed by atoms with Crippen LogP contribution in [0.4, 0.5) is 0 Å². The molecule has 0 saturated heterocycles. The molecule has 0 fully saturated rings. The quantitative estimate of drug-likeness (QED) is 0.782. The van der Waals surface area contributed by atoms with Crippen LogP contribution in [-0.2, 0) is 12.8 Å². The van der Waals surface area contributed by atoms with Crippen molar-refractivity contribution >= 4 is 11.3 Å². The molecule has 2 heterocycles. The van der Waals surface area contributed by atoms with Crippen molar-refractivity contribution in [2.24, 2.45) is 10.8 Å². The maximum atomic E-state index is 5.10. The summed E-state index contributed by atoms with van der Waals surface area (Å²) in [5.74, 6) is 0.826. The van der Waals surface area contributed by atoms with Gasteiger partial charge in [-0.05, 0) is 10.8 Å². The van der Waals surface area contributed by atoms with Gasteiger partial charge in [-0.25, -0.2) is 9.97 Å². The molecule has 2 rings (SSSR count). The lowest BCUT2D eigenvalue weighted by Crippen LogP contribution is -2.08. The van der Waals surface area contributed by atoms with Crippen molar-refractivity contribution in [3.8, 4) is 0 Å². The minimum absolute atomic E-state index is 0.269. The summed E-state index contributed by atoms with van der Waals surface area (Å²) in [6, 6.07) is 0. The molecule has 20 heavy (non-hydrogen) atoms. The Bertz CT molecular complexity index is 415. The third kappa shape index (κ3) is 8.10. The van der Waals surface area contributed by atoms with Crippen LogP contribution in [-0.4, -0.2) is 9.97 Å². The highest BCUT2D eigenvalue weighted by Crippen LogP contribution is 2.21. The van der Waals surface area contributed by atoms with E-state index in [9.17, 15) is 0 Å². The Hall–Kier alpha value is -1.16. The predicted octanol–water partition coefficient (Wildman–Crippen LogP) is 4.99. The topological polar surface area (TPSA) is 38.9 Å². The molecular weight excluding hydrogens is 268 g/mol. The minimum Gasteiger partial charge on any atom is -0.449 e. The van der Waals surface area contributed by atoms with E-state index in [0.717, 1.165) is 18.7 Å². The first-order chi connectivity index (χ1) is 9.16. The van der Waals surface area contributed by atoms with E-state index in [1.165, 1.54) is 5.01 Å². The zero-order valence-electron chi connectivity index (χ0n) is 13.4. The maximum Gasteiger partial charge on any atom is 0.194 e. The lowest BCUT2D eigenvalue weighted by Gasteiger charge is -2.15. The van der Waals surface area contributed by atoms with Gasteiger partial charge in [0.2, 0.25) is 0 Å². The Kier molecular flexibility index (Phi) is 5.93. The van der Waals surface area contributed by atoms with Crippen LogP contribution in [0.15, 0.2) is 28.5 Å². The van der Waals surface area contributed by atoms with Crippen LogP contribution >= 0.6 is 11.3 Å². The number of hydrogen-bond acceptors (Lipinski definition) is 4. The molecule has 0 saturated carbocycles. The van der Waals surface area contributed by atoms with E-state index >= 15 is 0 Å². The van der Waals surface area contributed by atoms with Crippen LogP contribution in [0.5, 0.6) is 0 Å². The van der Waals surface area contributed by atoms with Crippen molar-refractivity contribution in [2.45, 2.75) is 54.4 Å². The van der Waals surface area contributed by atoms with Crippen molar-refractivity contribution in [2.75, 3.05) is 0 Å². The molecule has 2 aromatic heterocycles. The standard InChI is InChI=1S/C8H13NO.C8H13NS/c2*1-8(2,3)6-7-9-4-5-10-7/h2*4-5H,6H2,1-3H3. The normalized spacial score (nSPS) is 11.9. The Balaban J connectivity index is 0.000000200. The molecule has 0 atom stereocenters. The second-order valence-corrected chi connectivity index (χ2v) is 8.31. The molecule has 0 aliphatic heterocycles. The highest BCUT2D eigenvalue weighted by molar-refractivity contribution is 7.09. The maximum absolute atomic E-state index is 5.10. The van der Waals surface area contributed by atoms with Gasteiger partial charge in [0.1, 0.15) is 6.26 Å². The first kappa shape index (κ1) is 16.9. The van der Waals surface area contributed by atoms with Crippen molar-refractivity contribution in [1.82, 2.24) is 9.97 Å². The zero-order chi connectivity index (χ0) is 15.2. The first-order valence-corrected chi connectivity index (χ1v) is 7.80.